The van der Waals surface area contributed by atoms with Gasteiger partial charge in [-0.2, -0.15) is 5.10 Å². The molecule has 0 spiro atoms. The number of carbonyl (C=O) groups is 2. The lowest BCUT2D eigenvalue weighted by atomic mass is 10.0. The second-order valence-electron chi connectivity index (χ2n) is 7.55. The van der Waals surface area contributed by atoms with Crippen LogP contribution in [0.1, 0.15) is 33.9 Å². The summed E-state index contributed by atoms with van der Waals surface area (Å²) in [6.45, 7) is 0.539. The fraction of sp³-hybridized carbons (Fsp3) is 0.115. The van der Waals surface area contributed by atoms with Crippen LogP contribution >= 0.6 is 0 Å². The van der Waals surface area contributed by atoms with Crippen LogP contribution < -0.4 is 11.1 Å². The van der Waals surface area contributed by atoms with Crippen LogP contribution in [-0.4, -0.2) is 21.6 Å². The molecule has 0 aliphatic heterocycles. The first-order valence-electron chi connectivity index (χ1n) is 10.4. The van der Waals surface area contributed by atoms with Gasteiger partial charge in [0.2, 0.25) is 5.91 Å². The number of nitrogens with one attached hydrogen (secondary N) is 1. The number of aromatic nitrogens is 2. The molecule has 3 N–H and O–H groups in total. The number of carbonyl (C=O) groups excluding carboxylic acids is 2. The monoisotopic (exact) mass is 424 g/mol. The van der Waals surface area contributed by atoms with Crippen molar-refractivity contribution in [3.05, 3.63) is 114 Å². The number of primary amides is 1. The summed E-state index contributed by atoms with van der Waals surface area (Å²) in [5.74, 6) is -0.791. The quantitative estimate of drug-likeness (QED) is 0.449. The number of nitrogens with two attached hydrogens (primary N) is 1. The lowest BCUT2D eigenvalue weighted by Crippen LogP contribution is -2.32. The number of rotatable bonds is 8. The van der Waals surface area contributed by atoms with Crippen LogP contribution in [0.25, 0.3) is 11.3 Å². The molecule has 3 aromatic carbocycles. The van der Waals surface area contributed by atoms with E-state index in [-0.39, 0.29) is 12.3 Å². The highest BCUT2D eigenvalue weighted by Crippen LogP contribution is 2.24. The van der Waals surface area contributed by atoms with E-state index >= 15 is 0 Å². The Labute approximate surface area is 186 Å². The molecule has 0 bridgehead atoms. The van der Waals surface area contributed by atoms with E-state index in [4.69, 9.17) is 10.8 Å². The predicted molar refractivity (Wildman–Crippen MR) is 124 cm³/mol. The molecule has 0 unspecified atom stereocenters. The summed E-state index contributed by atoms with van der Waals surface area (Å²) in [7, 11) is 0. The summed E-state index contributed by atoms with van der Waals surface area (Å²) in [5.41, 5.74) is 9.22. The zero-order valence-electron chi connectivity index (χ0n) is 17.5. The maximum Gasteiger partial charge on any atom is 0.255 e. The summed E-state index contributed by atoms with van der Waals surface area (Å²) in [6, 6.07) is 28.3. The first kappa shape index (κ1) is 21.1. The minimum atomic E-state index is -0.526. The van der Waals surface area contributed by atoms with E-state index < -0.39 is 11.9 Å². The molecule has 2 amide bonds. The molecule has 32 heavy (non-hydrogen) atoms. The van der Waals surface area contributed by atoms with Gasteiger partial charge in [0.25, 0.3) is 5.91 Å². The van der Waals surface area contributed by atoms with E-state index in [1.165, 1.54) is 0 Å². The highest BCUT2D eigenvalue weighted by molar-refractivity contribution is 6.00. The largest absolute Gasteiger partial charge is 0.370 e. The highest BCUT2D eigenvalue weighted by Gasteiger charge is 2.23. The Morgan fingerprint density at radius 1 is 0.875 bits per heavy atom. The van der Waals surface area contributed by atoms with Crippen LogP contribution in [0, 0.1) is 0 Å². The topological polar surface area (TPSA) is 90.0 Å². The molecule has 0 radical (unpaired) electrons. The molecule has 1 atom stereocenters. The van der Waals surface area contributed by atoms with Crippen LogP contribution in [0.15, 0.2) is 97.2 Å². The number of amides is 2. The second-order valence-corrected chi connectivity index (χ2v) is 7.55. The lowest BCUT2D eigenvalue weighted by Gasteiger charge is -2.18. The SMILES string of the molecule is NC(=O)C[C@H](NC(=O)c1cn(Cc2ccccc2)nc1-c1ccccc1)c1ccccc1. The normalized spacial score (nSPS) is 11.6. The molecule has 0 aliphatic carbocycles. The molecular weight excluding hydrogens is 400 g/mol. The number of benzene rings is 3. The van der Waals surface area contributed by atoms with Gasteiger partial charge in [0, 0.05) is 11.8 Å². The van der Waals surface area contributed by atoms with Crippen molar-refractivity contribution in [1.82, 2.24) is 15.1 Å². The molecule has 1 aromatic heterocycles. The average Bonchev–Trinajstić information content (AvgIpc) is 3.24. The minimum Gasteiger partial charge on any atom is -0.370 e. The van der Waals surface area contributed by atoms with Crippen molar-refractivity contribution in [1.29, 1.82) is 0 Å². The number of hydrogen-bond acceptors (Lipinski definition) is 3. The Morgan fingerprint density at radius 3 is 2.09 bits per heavy atom. The molecule has 4 aromatic rings. The van der Waals surface area contributed by atoms with E-state index in [0.29, 0.717) is 17.8 Å². The second kappa shape index (κ2) is 9.75. The van der Waals surface area contributed by atoms with Gasteiger partial charge in [0.15, 0.2) is 0 Å². The maximum absolute atomic E-state index is 13.4. The molecule has 6 nitrogen and oxygen atoms in total. The van der Waals surface area contributed by atoms with Crippen molar-refractivity contribution in [2.24, 2.45) is 5.73 Å². The third-order valence-electron chi connectivity index (χ3n) is 5.15. The first-order chi connectivity index (χ1) is 15.6. The van der Waals surface area contributed by atoms with Crippen LogP contribution in [0.3, 0.4) is 0 Å². The Kier molecular flexibility index (Phi) is 6.41. The molecule has 0 fully saturated rings. The molecule has 0 saturated carbocycles. The smallest absolute Gasteiger partial charge is 0.255 e. The third kappa shape index (κ3) is 5.10. The zero-order valence-corrected chi connectivity index (χ0v) is 17.5. The van der Waals surface area contributed by atoms with Crippen molar-refractivity contribution in [2.75, 3.05) is 0 Å². The molecule has 160 valence electrons. The van der Waals surface area contributed by atoms with Crippen LogP contribution in [0.4, 0.5) is 0 Å². The highest BCUT2D eigenvalue weighted by atomic mass is 16.2. The van der Waals surface area contributed by atoms with Gasteiger partial charge >= 0.3 is 0 Å². The van der Waals surface area contributed by atoms with Gasteiger partial charge in [0.1, 0.15) is 5.69 Å². The van der Waals surface area contributed by atoms with E-state index in [0.717, 1.165) is 16.7 Å². The van der Waals surface area contributed by atoms with Crippen molar-refractivity contribution < 1.29 is 9.59 Å². The van der Waals surface area contributed by atoms with Gasteiger partial charge in [-0.3, -0.25) is 14.3 Å². The van der Waals surface area contributed by atoms with Gasteiger partial charge in [-0.25, -0.2) is 0 Å². The molecule has 6 heteroatoms. The Hall–Kier alpha value is -4.19. The van der Waals surface area contributed by atoms with Gasteiger partial charge < -0.3 is 11.1 Å². The van der Waals surface area contributed by atoms with Crippen molar-refractivity contribution in [3.8, 4) is 11.3 Å². The Bertz CT molecular complexity index is 1190. The standard InChI is InChI=1S/C26H24N4O2/c27-24(31)16-23(20-12-6-2-7-13-20)28-26(32)22-18-30(17-19-10-4-1-5-11-19)29-25(22)21-14-8-3-9-15-21/h1-15,18,23H,16-17H2,(H2,27,31)(H,28,32)/t23-/m0/s1. The molecular formula is C26H24N4O2. The summed E-state index contributed by atoms with van der Waals surface area (Å²) in [5, 5.41) is 7.68. The lowest BCUT2D eigenvalue weighted by molar-refractivity contribution is -0.118. The van der Waals surface area contributed by atoms with Gasteiger partial charge in [-0.1, -0.05) is 91.0 Å². The molecule has 4 rings (SSSR count). The number of hydrogen-bond donors (Lipinski definition) is 2. The van der Waals surface area contributed by atoms with Crippen molar-refractivity contribution in [2.45, 2.75) is 19.0 Å². The van der Waals surface area contributed by atoms with E-state index in [2.05, 4.69) is 5.32 Å². The minimum absolute atomic E-state index is 0.00851. The van der Waals surface area contributed by atoms with Gasteiger partial charge in [-0.05, 0) is 11.1 Å². The zero-order chi connectivity index (χ0) is 22.3. The molecule has 1 heterocycles. The third-order valence-corrected chi connectivity index (χ3v) is 5.15. The van der Waals surface area contributed by atoms with E-state index in [1.807, 2.05) is 91.0 Å². The average molecular weight is 425 g/mol. The fourth-order valence-corrected chi connectivity index (χ4v) is 3.62. The predicted octanol–water partition coefficient (Wildman–Crippen LogP) is 3.94. The van der Waals surface area contributed by atoms with Crippen LogP contribution in [-0.2, 0) is 11.3 Å². The van der Waals surface area contributed by atoms with E-state index in [1.54, 1.807) is 10.9 Å². The van der Waals surface area contributed by atoms with Gasteiger partial charge in [0.05, 0.1) is 24.6 Å². The summed E-state index contributed by atoms with van der Waals surface area (Å²) >= 11 is 0. The van der Waals surface area contributed by atoms with Crippen LogP contribution in [0.5, 0.6) is 0 Å². The van der Waals surface area contributed by atoms with Gasteiger partial charge in [-0.15, -0.1) is 0 Å². The van der Waals surface area contributed by atoms with E-state index in [9.17, 15) is 9.59 Å². The first-order valence-corrected chi connectivity index (χ1v) is 10.4. The molecule has 0 saturated heterocycles. The van der Waals surface area contributed by atoms with Crippen molar-refractivity contribution in [3.63, 3.8) is 0 Å². The fourth-order valence-electron chi connectivity index (χ4n) is 3.62. The van der Waals surface area contributed by atoms with Crippen molar-refractivity contribution >= 4 is 11.8 Å². The summed E-state index contributed by atoms with van der Waals surface area (Å²) < 4.78 is 1.76. The Balaban J connectivity index is 1.67. The van der Waals surface area contributed by atoms with Crippen LogP contribution in [0.2, 0.25) is 0 Å². The maximum atomic E-state index is 13.4. The Morgan fingerprint density at radius 2 is 1.47 bits per heavy atom. The molecule has 0 aliphatic rings. The summed E-state index contributed by atoms with van der Waals surface area (Å²) in [6.07, 6.45) is 1.76. The summed E-state index contributed by atoms with van der Waals surface area (Å²) in [4.78, 5) is 25.0. The number of nitrogens with zero attached hydrogens (tertiary/aromatic N) is 2.